The maximum absolute atomic E-state index is 5.99. The largest absolute Gasteiger partial charge is 0.384 e. The minimum atomic E-state index is -0.134. The van der Waals surface area contributed by atoms with E-state index in [0.29, 0.717) is 6.61 Å². The van der Waals surface area contributed by atoms with Crippen molar-refractivity contribution in [1.29, 1.82) is 0 Å². The molecular formula is C13H16ClN3O. The van der Waals surface area contributed by atoms with E-state index in [-0.39, 0.29) is 5.38 Å². The van der Waals surface area contributed by atoms with Crippen LogP contribution in [-0.4, -0.2) is 28.7 Å². The van der Waals surface area contributed by atoms with E-state index in [1.807, 2.05) is 31.3 Å². The molecule has 0 aliphatic carbocycles. The van der Waals surface area contributed by atoms with E-state index in [9.17, 15) is 0 Å². The summed E-state index contributed by atoms with van der Waals surface area (Å²) in [5, 5.41) is 8.05. The van der Waals surface area contributed by atoms with Gasteiger partial charge < -0.3 is 4.74 Å². The molecule has 18 heavy (non-hydrogen) atoms. The molecule has 1 heterocycles. The van der Waals surface area contributed by atoms with Gasteiger partial charge in [0.1, 0.15) is 5.69 Å². The minimum Gasteiger partial charge on any atom is -0.384 e. The van der Waals surface area contributed by atoms with Crippen LogP contribution in [0.15, 0.2) is 30.5 Å². The van der Waals surface area contributed by atoms with Crippen molar-refractivity contribution < 1.29 is 4.74 Å². The van der Waals surface area contributed by atoms with Gasteiger partial charge in [-0.25, -0.2) is 4.68 Å². The number of halogens is 1. The molecule has 1 atom stereocenters. The van der Waals surface area contributed by atoms with E-state index >= 15 is 0 Å². The van der Waals surface area contributed by atoms with E-state index in [1.165, 1.54) is 5.56 Å². The normalized spacial score (nSPS) is 12.6. The molecule has 0 amide bonds. The number of alkyl halides is 1. The maximum Gasteiger partial charge on any atom is 0.101 e. The number of aromatic nitrogens is 3. The van der Waals surface area contributed by atoms with E-state index in [4.69, 9.17) is 16.3 Å². The third kappa shape index (κ3) is 2.89. The van der Waals surface area contributed by atoms with Crippen LogP contribution in [0.5, 0.6) is 0 Å². The Morgan fingerprint density at radius 3 is 2.83 bits per heavy atom. The quantitative estimate of drug-likeness (QED) is 0.781. The van der Waals surface area contributed by atoms with Crippen LogP contribution in [0, 0.1) is 0 Å². The SMILES string of the molecule is COCCc1ccccc1-n1cc(C(C)Cl)nn1. The van der Waals surface area contributed by atoms with E-state index < -0.39 is 0 Å². The summed E-state index contributed by atoms with van der Waals surface area (Å²) in [5.74, 6) is 0. The van der Waals surface area contributed by atoms with Gasteiger partial charge in [0, 0.05) is 7.11 Å². The summed E-state index contributed by atoms with van der Waals surface area (Å²) < 4.78 is 6.88. The Morgan fingerprint density at radius 2 is 2.17 bits per heavy atom. The Bertz CT molecular complexity index is 510. The van der Waals surface area contributed by atoms with Crippen molar-refractivity contribution in [3.63, 3.8) is 0 Å². The van der Waals surface area contributed by atoms with Crippen molar-refractivity contribution >= 4 is 11.6 Å². The number of hydrogen-bond acceptors (Lipinski definition) is 3. The maximum atomic E-state index is 5.99. The molecule has 4 nitrogen and oxygen atoms in total. The monoisotopic (exact) mass is 265 g/mol. The highest BCUT2D eigenvalue weighted by atomic mass is 35.5. The second kappa shape index (κ2) is 5.98. The Balaban J connectivity index is 2.30. The molecule has 96 valence electrons. The minimum absolute atomic E-state index is 0.134. The van der Waals surface area contributed by atoms with Crippen LogP contribution in [0.4, 0.5) is 0 Å². The zero-order valence-corrected chi connectivity index (χ0v) is 11.3. The van der Waals surface area contributed by atoms with E-state index in [0.717, 1.165) is 17.8 Å². The number of rotatable bonds is 5. The molecule has 0 bridgehead atoms. The average Bonchev–Trinajstić information content (AvgIpc) is 2.86. The predicted molar refractivity (Wildman–Crippen MR) is 71.2 cm³/mol. The topological polar surface area (TPSA) is 39.9 Å². The van der Waals surface area contributed by atoms with Crippen molar-refractivity contribution in [2.75, 3.05) is 13.7 Å². The third-order valence-electron chi connectivity index (χ3n) is 2.73. The third-order valence-corrected chi connectivity index (χ3v) is 2.96. The molecule has 1 aromatic carbocycles. The second-order valence-electron chi connectivity index (χ2n) is 4.08. The first kappa shape index (κ1) is 13.1. The summed E-state index contributed by atoms with van der Waals surface area (Å²) in [7, 11) is 1.70. The first-order valence-corrected chi connectivity index (χ1v) is 6.29. The number of ether oxygens (including phenoxy) is 1. The van der Waals surface area contributed by atoms with E-state index in [2.05, 4.69) is 16.4 Å². The number of nitrogens with zero attached hydrogens (tertiary/aromatic N) is 3. The second-order valence-corrected chi connectivity index (χ2v) is 4.73. The molecule has 0 saturated carbocycles. The number of hydrogen-bond donors (Lipinski definition) is 0. The summed E-state index contributed by atoms with van der Waals surface area (Å²) in [6.45, 7) is 2.57. The lowest BCUT2D eigenvalue weighted by Gasteiger charge is -2.08. The van der Waals surface area contributed by atoms with Crippen molar-refractivity contribution in [3.05, 3.63) is 41.7 Å². The fourth-order valence-corrected chi connectivity index (χ4v) is 1.83. The zero-order valence-electron chi connectivity index (χ0n) is 10.5. The lowest BCUT2D eigenvalue weighted by Crippen LogP contribution is -2.03. The smallest absolute Gasteiger partial charge is 0.101 e. The van der Waals surface area contributed by atoms with Gasteiger partial charge in [-0.05, 0) is 25.0 Å². The molecule has 2 rings (SSSR count). The molecule has 1 aromatic heterocycles. The number of benzene rings is 1. The van der Waals surface area contributed by atoms with Gasteiger partial charge in [-0.15, -0.1) is 16.7 Å². The molecule has 2 aromatic rings. The Labute approximate surface area is 112 Å². The number of para-hydroxylation sites is 1. The van der Waals surface area contributed by atoms with Gasteiger partial charge >= 0.3 is 0 Å². The molecule has 5 heteroatoms. The van der Waals surface area contributed by atoms with Gasteiger partial charge in [0.05, 0.1) is 23.9 Å². The van der Waals surface area contributed by atoms with Gasteiger partial charge in [-0.3, -0.25) is 0 Å². The molecule has 1 unspecified atom stereocenters. The summed E-state index contributed by atoms with van der Waals surface area (Å²) in [6.07, 6.45) is 2.71. The summed E-state index contributed by atoms with van der Waals surface area (Å²) in [5.41, 5.74) is 2.97. The summed E-state index contributed by atoms with van der Waals surface area (Å²) in [6, 6.07) is 8.08. The molecule has 0 aliphatic heterocycles. The Hall–Kier alpha value is -1.39. The molecule has 0 N–H and O–H groups in total. The molecule has 0 fully saturated rings. The van der Waals surface area contributed by atoms with Crippen LogP contribution < -0.4 is 0 Å². The average molecular weight is 266 g/mol. The highest BCUT2D eigenvalue weighted by Gasteiger charge is 2.10. The van der Waals surface area contributed by atoms with Gasteiger partial charge in [0.15, 0.2) is 0 Å². The van der Waals surface area contributed by atoms with Gasteiger partial charge in [0.2, 0.25) is 0 Å². The van der Waals surface area contributed by atoms with Gasteiger partial charge in [0.25, 0.3) is 0 Å². The molecule has 0 spiro atoms. The first-order valence-electron chi connectivity index (χ1n) is 5.86. The lowest BCUT2D eigenvalue weighted by molar-refractivity contribution is 0.202. The molecule has 0 saturated heterocycles. The fourth-order valence-electron chi connectivity index (χ4n) is 1.73. The summed E-state index contributed by atoms with van der Waals surface area (Å²) in [4.78, 5) is 0. The van der Waals surface area contributed by atoms with Gasteiger partial charge in [-0.2, -0.15) is 0 Å². The van der Waals surface area contributed by atoms with Crippen molar-refractivity contribution in [3.8, 4) is 5.69 Å². The lowest BCUT2D eigenvalue weighted by atomic mass is 10.1. The standard InChI is InChI=1S/C13H16ClN3O/c1-10(14)12-9-17(16-15-12)13-6-4-3-5-11(13)7-8-18-2/h3-6,9-10H,7-8H2,1-2H3. The molecule has 0 aliphatic rings. The van der Waals surface area contributed by atoms with Crippen LogP contribution in [0.3, 0.4) is 0 Å². The molecular weight excluding hydrogens is 250 g/mol. The highest BCUT2D eigenvalue weighted by molar-refractivity contribution is 6.20. The van der Waals surface area contributed by atoms with Crippen molar-refractivity contribution in [1.82, 2.24) is 15.0 Å². The Morgan fingerprint density at radius 1 is 1.39 bits per heavy atom. The van der Waals surface area contributed by atoms with E-state index in [1.54, 1.807) is 11.8 Å². The first-order chi connectivity index (χ1) is 8.72. The van der Waals surface area contributed by atoms with Crippen LogP contribution in [0.2, 0.25) is 0 Å². The highest BCUT2D eigenvalue weighted by Crippen LogP contribution is 2.19. The Kier molecular flexibility index (Phi) is 4.33. The zero-order chi connectivity index (χ0) is 13.0. The van der Waals surface area contributed by atoms with Crippen LogP contribution in [0.25, 0.3) is 5.69 Å². The van der Waals surface area contributed by atoms with Crippen molar-refractivity contribution in [2.24, 2.45) is 0 Å². The summed E-state index contributed by atoms with van der Waals surface area (Å²) >= 11 is 5.99. The predicted octanol–water partition coefficient (Wildman–Crippen LogP) is 2.76. The molecule has 0 radical (unpaired) electrons. The van der Waals surface area contributed by atoms with Crippen LogP contribution >= 0.6 is 11.6 Å². The fraction of sp³-hybridized carbons (Fsp3) is 0.385. The van der Waals surface area contributed by atoms with Crippen molar-refractivity contribution in [2.45, 2.75) is 18.7 Å². The number of methoxy groups -OCH3 is 1. The van der Waals surface area contributed by atoms with Crippen LogP contribution in [0.1, 0.15) is 23.6 Å². The van der Waals surface area contributed by atoms with Gasteiger partial charge in [-0.1, -0.05) is 23.4 Å². The van der Waals surface area contributed by atoms with Crippen LogP contribution in [-0.2, 0) is 11.2 Å².